The molecule has 0 aromatic heterocycles. The molecule has 1 fully saturated rings. The Kier molecular flexibility index (Phi) is 3.17. The molecule has 22 heavy (non-hydrogen) atoms. The third-order valence-corrected chi connectivity index (χ3v) is 4.17. The number of hydrogen-bond acceptors (Lipinski definition) is 6. The summed E-state index contributed by atoms with van der Waals surface area (Å²) in [4.78, 5) is 11.2. The number of amidine groups is 1. The first-order valence-electron chi connectivity index (χ1n) is 7.60. The second kappa shape index (κ2) is 5.32. The van der Waals surface area contributed by atoms with Crippen LogP contribution in [0.4, 0.5) is 0 Å². The van der Waals surface area contributed by atoms with Crippen molar-refractivity contribution in [1.82, 2.24) is 9.91 Å². The number of piperidine rings is 1. The van der Waals surface area contributed by atoms with Crippen LogP contribution >= 0.6 is 0 Å². The van der Waals surface area contributed by atoms with Crippen LogP contribution in [0.3, 0.4) is 0 Å². The van der Waals surface area contributed by atoms with Crippen LogP contribution in [-0.2, 0) is 0 Å². The van der Waals surface area contributed by atoms with E-state index in [1.807, 2.05) is 18.4 Å². The molecule has 1 saturated heterocycles. The van der Waals surface area contributed by atoms with E-state index in [-0.39, 0.29) is 6.17 Å². The molecular weight excluding hydrogens is 278 g/mol. The zero-order valence-electron chi connectivity index (χ0n) is 12.3. The predicted molar refractivity (Wildman–Crippen MR) is 87.3 cm³/mol. The van der Waals surface area contributed by atoms with E-state index in [2.05, 4.69) is 25.3 Å². The third kappa shape index (κ3) is 2.18. The summed E-state index contributed by atoms with van der Waals surface area (Å²) in [7, 11) is 0. The van der Waals surface area contributed by atoms with Gasteiger partial charge in [-0.25, -0.2) is 5.01 Å². The van der Waals surface area contributed by atoms with E-state index in [1.54, 1.807) is 17.6 Å². The maximum absolute atomic E-state index is 6.09. The number of allylic oxidation sites excluding steroid dienone is 2. The highest BCUT2D eigenvalue weighted by atomic mass is 15.5. The van der Waals surface area contributed by atoms with Gasteiger partial charge in [0.2, 0.25) is 0 Å². The van der Waals surface area contributed by atoms with Crippen molar-refractivity contribution in [3.8, 4) is 0 Å². The van der Waals surface area contributed by atoms with E-state index < -0.39 is 0 Å². The van der Waals surface area contributed by atoms with Crippen LogP contribution in [0.5, 0.6) is 0 Å². The van der Waals surface area contributed by atoms with E-state index in [0.717, 1.165) is 30.2 Å². The summed E-state index contributed by atoms with van der Waals surface area (Å²) in [6.45, 7) is 2.09. The minimum Gasteiger partial charge on any atom is -0.428 e. The first-order chi connectivity index (χ1) is 10.8. The molecular formula is C15H18N7-. The molecule has 0 bridgehead atoms. The summed E-state index contributed by atoms with van der Waals surface area (Å²) in [5.41, 5.74) is 7.74. The zero-order chi connectivity index (χ0) is 14.9. The van der Waals surface area contributed by atoms with Crippen LogP contribution in [0, 0.1) is 0 Å². The second-order valence-electron chi connectivity index (χ2n) is 5.60. The van der Waals surface area contributed by atoms with Crippen molar-refractivity contribution < 1.29 is 0 Å². The van der Waals surface area contributed by atoms with Crippen molar-refractivity contribution >= 4 is 18.4 Å². The molecule has 1 unspecified atom stereocenters. The molecule has 0 amide bonds. The molecule has 4 rings (SSSR count). The number of aliphatic imine (C=N–C) groups is 2. The van der Waals surface area contributed by atoms with E-state index in [9.17, 15) is 0 Å². The van der Waals surface area contributed by atoms with Crippen molar-refractivity contribution in [3.63, 3.8) is 0 Å². The topological polar surface area (TPSA) is 83.7 Å². The molecule has 7 heteroatoms. The van der Waals surface area contributed by atoms with Gasteiger partial charge in [-0.1, -0.05) is 6.42 Å². The third-order valence-electron chi connectivity index (χ3n) is 4.17. The SMILES string of the molecule is NC1=NN2C=CC=NC2C1=C1C=C(N2CCCCC2)[N-]C=N1. The number of nitrogens with two attached hydrogens (primary N) is 1. The van der Waals surface area contributed by atoms with Gasteiger partial charge in [0.1, 0.15) is 0 Å². The minimum absolute atomic E-state index is 0.214. The van der Waals surface area contributed by atoms with Crippen LogP contribution in [0.15, 0.2) is 50.5 Å². The van der Waals surface area contributed by atoms with Crippen molar-refractivity contribution in [2.24, 2.45) is 20.8 Å². The van der Waals surface area contributed by atoms with Crippen molar-refractivity contribution in [2.75, 3.05) is 13.1 Å². The van der Waals surface area contributed by atoms with Crippen LogP contribution in [-0.4, -0.2) is 47.6 Å². The van der Waals surface area contributed by atoms with Gasteiger partial charge in [0.05, 0.1) is 5.57 Å². The lowest BCUT2D eigenvalue weighted by molar-refractivity contribution is 0.291. The van der Waals surface area contributed by atoms with Crippen molar-refractivity contribution in [1.29, 1.82) is 0 Å². The molecule has 4 aliphatic heterocycles. The number of rotatable bonds is 1. The Bertz CT molecular complexity index is 647. The normalized spacial score (nSPS) is 30.1. The maximum Gasteiger partial charge on any atom is 0.171 e. The molecule has 114 valence electrons. The fraction of sp³-hybridized carbons (Fsp3) is 0.400. The van der Waals surface area contributed by atoms with Gasteiger partial charge in [-0.2, -0.15) is 5.10 Å². The molecule has 0 radical (unpaired) electrons. The van der Waals surface area contributed by atoms with Gasteiger partial charge in [-0.15, -0.1) is 0 Å². The molecule has 7 nitrogen and oxygen atoms in total. The van der Waals surface area contributed by atoms with Crippen LogP contribution < -0.4 is 5.73 Å². The Morgan fingerprint density at radius 2 is 2.09 bits per heavy atom. The number of nitrogens with zero attached hydrogens (tertiary/aromatic N) is 6. The highest BCUT2D eigenvalue weighted by Crippen LogP contribution is 2.30. The standard InChI is InChI=1S/C15H18N7/c16-14-13(15-17-5-4-8-22(15)20-14)11-9-12(19-10-18-11)21-6-2-1-3-7-21/h4-5,8-10,15H,1-3,6-7H2,(H2-,16,18,19,20)/q-1. The van der Waals surface area contributed by atoms with Gasteiger partial charge >= 0.3 is 0 Å². The number of hydrazone groups is 1. The highest BCUT2D eigenvalue weighted by molar-refractivity contribution is 6.02. The predicted octanol–water partition coefficient (Wildman–Crippen LogP) is 1.50. The summed E-state index contributed by atoms with van der Waals surface area (Å²) in [5, 5.41) is 10.5. The van der Waals surface area contributed by atoms with Crippen LogP contribution in [0.1, 0.15) is 19.3 Å². The summed E-state index contributed by atoms with van der Waals surface area (Å²) >= 11 is 0. The Morgan fingerprint density at radius 1 is 1.23 bits per heavy atom. The van der Waals surface area contributed by atoms with Gasteiger partial charge in [-0.05, 0) is 44.4 Å². The van der Waals surface area contributed by atoms with E-state index in [4.69, 9.17) is 5.73 Å². The largest absolute Gasteiger partial charge is 0.428 e. The summed E-state index contributed by atoms with van der Waals surface area (Å²) in [5.74, 6) is 1.43. The van der Waals surface area contributed by atoms with Gasteiger partial charge in [-0.3, -0.25) is 4.99 Å². The lowest BCUT2D eigenvalue weighted by Gasteiger charge is -2.38. The molecule has 4 aliphatic rings. The zero-order valence-corrected chi connectivity index (χ0v) is 12.3. The fourth-order valence-electron chi connectivity index (χ4n) is 3.07. The number of hydrogen-bond donors (Lipinski definition) is 1. The van der Waals surface area contributed by atoms with E-state index in [1.165, 1.54) is 19.3 Å². The molecule has 4 heterocycles. The summed E-state index contributed by atoms with van der Waals surface area (Å²) in [6, 6.07) is 0. The molecule has 0 aliphatic carbocycles. The highest BCUT2D eigenvalue weighted by Gasteiger charge is 2.31. The van der Waals surface area contributed by atoms with Crippen molar-refractivity contribution in [3.05, 3.63) is 40.8 Å². The first-order valence-corrected chi connectivity index (χ1v) is 7.60. The van der Waals surface area contributed by atoms with Crippen molar-refractivity contribution in [2.45, 2.75) is 25.4 Å². The monoisotopic (exact) mass is 296 g/mol. The van der Waals surface area contributed by atoms with Gasteiger partial charge < -0.3 is 20.9 Å². The lowest BCUT2D eigenvalue weighted by atomic mass is 10.1. The van der Waals surface area contributed by atoms with Crippen LogP contribution in [0.2, 0.25) is 0 Å². The maximum atomic E-state index is 6.09. The molecule has 0 aromatic carbocycles. The fourth-order valence-corrected chi connectivity index (χ4v) is 3.07. The average molecular weight is 296 g/mol. The molecule has 1 atom stereocenters. The molecule has 0 spiro atoms. The minimum atomic E-state index is -0.214. The Balaban J connectivity index is 1.68. The summed E-state index contributed by atoms with van der Waals surface area (Å²) < 4.78 is 0. The molecule has 2 N–H and O–H groups in total. The lowest BCUT2D eigenvalue weighted by Crippen LogP contribution is -2.30. The van der Waals surface area contributed by atoms with Crippen LogP contribution in [0.25, 0.3) is 5.32 Å². The summed E-state index contributed by atoms with van der Waals surface area (Å²) in [6.07, 6.45) is 12.6. The Morgan fingerprint density at radius 3 is 2.95 bits per heavy atom. The molecule has 0 saturated carbocycles. The quantitative estimate of drug-likeness (QED) is 0.795. The number of likely N-dealkylation sites (tertiary alicyclic amines) is 1. The number of fused-ring (bicyclic) bond motifs is 1. The first kappa shape index (κ1) is 13.1. The molecule has 0 aromatic rings. The Labute approximate surface area is 129 Å². The van der Waals surface area contributed by atoms with E-state index >= 15 is 0 Å². The smallest absolute Gasteiger partial charge is 0.171 e. The van der Waals surface area contributed by atoms with Gasteiger partial charge in [0.25, 0.3) is 0 Å². The second-order valence-corrected chi connectivity index (χ2v) is 5.60. The van der Waals surface area contributed by atoms with Gasteiger partial charge in [0, 0.05) is 23.9 Å². The van der Waals surface area contributed by atoms with Gasteiger partial charge in [0.15, 0.2) is 12.0 Å². The van der Waals surface area contributed by atoms with E-state index in [0.29, 0.717) is 5.84 Å². The average Bonchev–Trinajstić information content (AvgIpc) is 2.91. The Hall–Kier alpha value is -2.57.